The Morgan fingerprint density at radius 2 is 2.00 bits per heavy atom. The van der Waals surface area contributed by atoms with Crippen molar-refractivity contribution < 1.29 is 14.3 Å². The predicted octanol–water partition coefficient (Wildman–Crippen LogP) is 2.81. The van der Waals surface area contributed by atoms with Gasteiger partial charge >= 0.3 is 5.97 Å². The van der Waals surface area contributed by atoms with Crippen LogP contribution in [0.5, 0.6) is 0 Å². The van der Waals surface area contributed by atoms with Crippen molar-refractivity contribution in [2.75, 3.05) is 13.2 Å². The number of carbonyl (C=O) groups excluding carboxylic acids is 2. The van der Waals surface area contributed by atoms with Gasteiger partial charge in [0.15, 0.2) is 0 Å². The van der Waals surface area contributed by atoms with Crippen LogP contribution in [0.2, 0.25) is 0 Å². The highest BCUT2D eigenvalue weighted by Crippen LogP contribution is 2.20. The molecule has 1 aromatic rings. The van der Waals surface area contributed by atoms with Crippen LogP contribution < -0.4 is 0 Å². The second-order valence-corrected chi connectivity index (χ2v) is 6.25. The molecular weight excluding hydrogens is 278 g/mol. The third-order valence-corrected chi connectivity index (χ3v) is 3.87. The summed E-state index contributed by atoms with van der Waals surface area (Å²) in [5, 5.41) is 0. The molecule has 0 saturated carbocycles. The van der Waals surface area contributed by atoms with Gasteiger partial charge in [-0.15, -0.1) is 0 Å². The highest BCUT2D eigenvalue weighted by atomic mass is 16.5. The van der Waals surface area contributed by atoms with Crippen molar-refractivity contribution >= 4 is 11.9 Å². The minimum atomic E-state index is -0.387. The predicted molar refractivity (Wildman–Crippen MR) is 85.3 cm³/mol. The third-order valence-electron chi connectivity index (χ3n) is 3.87. The van der Waals surface area contributed by atoms with Crippen LogP contribution in [-0.4, -0.2) is 36.0 Å². The molecule has 1 amide bonds. The molecule has 1 atom stereocenters. The Hall–Kier alpha value is -1.84. The quantitative estimate of drug-likeness (QED) is 0.759. The Kier molecular flexibility index (Phi) is 5.99. The van der Waals surface area contributed by atoms with Crippen molar-refractivity contribution in [3.05, 3.63) is 35.9 Å². The molecule has 2 rings (SSSR count). The molecule has 0 aliphatic carbocycles. The van der Waals surface area contributed by atoms with E-state index in [2.05, 4.69) is 0 Å². The molecule has 0 aromatic heterocycles. The number of benzene rings is 1. The van der Waals surface area contributed by atoms with Gasteiger partial charge in [-0.25, -0.2) is 4.79 Å². The van der Waals surface area contributed by atoms with Gasteiger partial charge in [-0.2, -0.15) is 0 Å². The Morgan fingerprint density at radius 1 is 1.27 bits per heavy atom. The van der Waals surface area contributed by atoms with Gasteiger partial charge in [0.1, 0.15) is 6.04 Å². The Labute approximate surface area is 132 Å². The summed E-state index contributed by atoms with van der Waals surface area (Å²) in [7, 11) is 0. The summed E-state index contributed by atoms with van der Waals surface area (Å²) in [5.41, 5.74) is 1.15. The molecule has 0 radical (unpaired) electrons. The van der Waals surface area contributed by atoms with Crippen LogP contribution in [-0.2, 0) is 20.7 Å². The summed E-state index contributed by atoms with van der Waals surface area (Å²) < 4.78 is 5.30. The first kappa shape index (κ1) is 16.5. The largest absolute Gasteiger partial charge is 0.464 e. The van der Waals surface area contributed by atoms with Crippen LogP contribution in [0, 0.1) is 5.92 Å². The van der Waals surface area contributed by atoms with Crippen LogP contribution in [0.3, 0.4) is 0 Å². The number of nitrogens with zero attached hydrogens (tertiary/aromatic N) is 1. The van der Waals surface area contributed by atoms with E-state index in [0.717, 1.165) is 12.0 Å². The fraction of sp³-hybridized carbons (Fsp3) is 0.556. The van der Waals surface area contributed by atoms with Crippen molar-refractivity contribution in [3.8, 4) is 0 Å². The smallest absolute Gasteiger partial charge is 0.328 e. The number of hydrogen-bond donors (Lipinski definition) is 0. The number of amides is 1. The van der Waals surface area contributed by atoms with E-state index >= 15 is 0 Å². The summed E-state index contributed by atoms with van der Waals surface area (Å²) in [4.78, 5) is 26.2. The number of rotatable bonds is 6. The Balaban J connectivity index is 1.86. The van der Waals surface area contributed by atoms with E-state index in [4.69, 9.17) is 4.74 Å². The molecule has 4 heteroatoms. The highest BCUT2D eigenvalue weighted by molar-refractivity contribution is 5.85. The molecule has 1 aromatic carbocycles. The minimum Gasteiger partial charge on any atom is -0.464 e. The summed E-state index contributed by atoms with van der Waals surface area (Å²) in [6.07, 6.45) is 2.74. The van der Waals surface area contributed by atoms with Gasteiger partial charge in [-0.1, -0.05) is 44.2 Å². The van der Waals surface area contributed by atoms with Gasteiger partial charge in [-0.3, -0.25) is 4.79 Å². The van der Waals surface area contributed by atoms with Crippen LogP contribution >= 0.6 is 0 Å². The highest BCUT2D eigenvalue weighted by Gasteiger charge is 2.34. The second kappa shape index (κ2) is 7.97. The van der Waals surface area contributed by atoms with Crippen molar-refractivity contribution in [1.82, 2.24) is 4.90 Å². The SMILES string of the molecule is CC(C)COC(=O)C1CCCN1C(=O)CCc1ccccc1. The van der Waals surface area contributed by atoms with E-state index in [1.54, 1.807) is 4.90 Å². The van der Waals surface area contributed by atoms with Crippen LogP contribution in [0.1, 0.15) is 38.7 Å². The lowest BCUT2D eigenvalue weighted by Gasteiger charge is -2.23. The summed E-state index contributed by atoms with van der Waals surface area (Å²) in [6.45, 7) is 5.09. The first-order valence-corrected chi connectivity index (χ1v) is 8.08. The molecule has 1 aliphatic rings. The molecule has 120 valence electrons. The average Bonchev–Trinajstić information content (AvgIpc) is 3.01. The zero-order valence-electron chi connectivity index (χ0n) is 13.5. The monoisotopic (exact) mass is 303 g/mol. The van der Waals surface area contributed by atoms with Gasteiger partial charge in [0, 0.05) is 13.0 Å². The van der Waals surface area contributed by atoms with Crippen molar-refractivity contribution in [2.45, 2.75) is 45.6 Å². The molecule has 1 aliphatic heterocycles. The van der Waals surface area contributed by atoms with Crippen molar-refractivity contribution in [1.29, 1.82) is 0 Å². The Bertz CT molecular complexity index is 498. The van der Waals surface area contributed by atoms with E-state index in [9.17, 15) is 9.59 Å². The number of aryl methyl sites for hydroxylation is 1. The number of esters is 1. The molecule has 0 bridgehead atoms. The molecule has 1 heterocycles. The third kappa shape index (κ3) is 4.58. The number of carbonyl (C=O) groups is 2. The topological polar surface area (TPSA) is 46.6 Å². The standard InChI is InChI=1S/C18H25NO3/c1-14(2)13-22-18(21)16-9-6-12-19(16)17(20)11-10-15-7-4-3-5-8-15/h3-5,7-8,14,16H,6,9-13H2,1-2H3. The van der Waals surface area contributed by atoms with Crippen molar-refractivity contribution in [2.24, 2.45) is 5.92 Å². The molecule has 4 nitrogen and oxygen atoms in total. The first-order chi connectivity index (χ1) is 10.6. The maximum Gasteiger partial charge on any atom is 0.328 e. The molecular formula is C18H25NO3. The zero-order chi connectivity index (χ0) is 15.9. The van der Waals surface area contributed by atoms with E-state index in [-0.39, 0.29) is 17.9 Å². The zero-order valence-corrected chi connectivity index (χ0v) is 13.5. The van der Waals surface area contributed by atoms with Crippen LogP contribution in [0.15, 0.2) is 30.3 Å². The summed E-state index contributed by atoms with van der Waals surface area (Å²) in [5.74, 6) is 0.111. The van der Waals surface area contributed by atoms with Crippen LogP contribution in [0.4, 0.5) is 0 Å². The fourth-order valence-electron chi connectivity index (χ4n) is 2.69. The molecule has 0 spiro atoms. The molecule has 22 heavy (non-hydrogen) atoms. The maximum atomic E-state index is 12.4. The van der Waals surface area contributed by atoms with Gasteiger partial charge < -0.3 is 9.64 Å². The fourth-order valence-corrected chi connectivity index (χ4v) is 2.69. The van der Waals surface area contributed by atoms with Gasteiger partial charge in [-0.05, 0) is 30.7 Å². The lowest BCUT2D eigenvalue weighted by Crippen LogP contribution is -2.41. The molecule has 0 N–H and O–H groups in total. The molecule has 1 unspecified atom stereocenters. The lowest BCUT2D eigenvalue weighted by atomic mass is 10.1. The number of hydrogen-bond acceptors (Lipinski definition) is 3. The van der Waals surface area contributed by atoms with Gasteiger partial charge in [0.25, 0.3) is 0 Å². The lowest BCUT2D eigenvalue weighted by molar-refractivity contribution is -0.154. The molecule has 1 fully saturated rings. The van der Waals surface area contributed by atoms with E-state index in [1.807, 2.05) is 44.2 Å². The number of ether oxygens (including phenoxy) is 1. The normalized spacial score (nSPS) is 17.8. The second-order valence-electron chi connectivity index (χ2n) is 6.25. The number of likely N-dealkylation sites (tertiary alicyclic amines) is 1. The van der Waals surface area contributed by atoms with Crippen LogP contribution in [0.25, 0.3) is 0 Å². The van der Waals surface area contributed by atoms with E-state index in [0.29, 0.717) is 38.3 Å². The van der Waals surface area contributed by atoms with Gasteiger partial charge in [0.05, 0.1) is 6.61 Å². The first-order valence-electron chi connectivity index (χ1n) is 8.08. The van der Waals surface area contributed by atoms with Gasteiger partial charge in [0.2, 0.25) is 5.91 Å². The maximum absolute atomic E-state index is 12.4. The minimum absolute atomic E-state index is 0.0489. The van der Waals surface area contributed by atoms with E-state index < -0.39 is 0 Å². The Morgan fingerprint density at radius 3 is 2.68 bits per heavy atom. The summed E-state index contributed by atoms with van der Waals surface area (Å²) >= 11 is 0. The summed E-state index contributed by atoms with van der Waals surface area (Å²) in [6, 6.07) is 9.56. The van der Waals surface area contributed by atoms with Crippen molar-refractivity contribution in [3.63, 3.8) is 0 Å². The average molecular weight is 303 g/mol. The molecule has 1 saturated heterocycles. The van der Waals surface area contributed by atoms with E-state index in [1.165, 1.54) is 0 Å².